The number of allylic oxidation sites excluding steroid dienone is 1. The molecule has 5 nitrogen and oxygen atoms in total. The van der Waals surface area contributed by atoms with Gasteiger partial charge < -0.3 is 15.2 Å². The zero-order valence-corrected chi connectivity index (χ0v) is 15.1. The maximum atomic E-state index is 13.2. The molecule has 0 amide bonds. The lowest BCUT2D eigenvalue weighted by Crippen LogP contribution is -2.71. The molecule has 5 aliphatic heterocycles. The molecule has 1 aliphatic carbocycles. The summed E-state index contributed by atoms with van der Waals surface area (Å²) in [5.41, 5.74) is 2.34. The van der Waals surface area contributed by atoms with Crippen LogP contribution >= 0.6 is 0 Å². The Labute approximate surface area is 153 Å². The summed E-state index contributed by atoms with van der Waals surface area (Å²) in [7, 11) is 1.46. The van der Waals surface area contributed by atoms with Crippen LogP contribution in [0, 0.1) is 11.3 Å². The van der Waals surface area contributed by atoms with Crippen molar-refractivity contribution in [3.8, 4) is 0 Å². The van der Waals surface area contributed by atoms with Crippen LogP contribution in [0.1, 0.15) is 25.3 Å². The van der Waals surface area contributed by atoms with E-state index in [1.54, 1.807) is 0 Å². The Kier molecular flexibility index (Phi) is 2.65. The number of ether oxygens (including phenoxy) is 1. The van der Waals surface area contributed by atoms with Crippen molar-refractivity contribution in [1.82, 2.24) is 4.90 Å². The molecule has 5 heterocycles. The Morgan fingerprint density at radius 2 is 2.23 bits per heavy atom. The van der Waals surface area contributed by atoms with Crippen molar-refractivity contribution >= 4 is 11.7 Å². The number of anilines is 1. The maximum absolute atomic E-state index is 13.2. The van der Waals surface area contributed by atoms with Gasteiger partial charge in [0.1, 0.15) is 5.41 Å². The van der Waals surface area contributed by atoms with Crippen molar-refractivity contribution in [1.29, 1.82) is 0 Å². The molecule has 26 heavy (non-hydrogen) atoms. The van der Waals surface area contributed by atoms with E-state index in [2.05, 4.69) is 35.3 Å². The molecule has 1 saturated carbocycles. The molecular weight excluding hydrogens is 328 g/mol. The smallest absolute Gasteiger partial charge is 0.316 e. The van der Waals surface area contributed by atoms with E-state index in [0.29, 0.717) is 6.04 Å². The quantitative estimate of drug-likeness (QED) is 0.595. The van der Waals surface area contributed by atoms with Gasteiger partial charge >= 0.3 is 5.97 Å². The van der Waals surface area contributed by atoms with Crippen LogP contribution in [-0.2, 0) is 14.9 Å². The van der Waals surface area contributed by atoms with Crippen LogP contribution in [0.5, 0.6) is 0 Å². The third kappa shape index (κ3) is 1.28. The molecular formula is C21H24N2O3. The minimum atomic E-state index is -0.848. The number of fused-ring (bicyclic) bond motifs is 2. The number of carbonyl (C=O) groups excluding carboxylic acids is 1. The fourth-order valence-corrected chi connectivity index (χ4v) is 7.49. The average molecular weight is 352 g/mol. The first kappa shape index (κ1) is 15.2. The van der Waals surface area contributed by atoms with Crippen LogP contribution in [0.4, 0.5) is 5.69 Å². The molecule has 2 N–H and O–H groups in total. The Morgan fingerprint density at radius 1 is 1.42 bits per heavy atom. The summed E-state index contributed by atoms with van der Waals surface area (Å²) in [6.45, 7) is 2.96. The highest BCUT2D eigenvalue weighted by atomic mass is 16.5. The van der Waals surface area contributed by atoms with E-state index in [1.165, 1.54) is 18.2 Å². The Bertz CT molecular complexity index is 867. The molecule has 1 aromatic carbocycles. The Balaban J connectivity index is 1.65. The second-order valence-electron chi connectivity index (χ2n) is 8.65. The van der Waals surface area contributed by atoms with Gasteiger partial charge in [0.05, 0.1) is 19.3 Å². The number of piperidine rings is 4. The fraction of sp³-hybridized carbons (Fsp3) is 0.571. The second kappa shape index (κ2) is 4.52. The Hall–Kier alpha value is -1.85. The van der Waals surface area contributed by atoms with Gasteiger partial charge in [-0.25, -0.2) is 0 Å². The van der Waals surface area contributed by atoms with Crippen LogP contribution in [-0.4, -0.2) is 53.9 Å². The molecule has 7 rings (SSSR count). The third-order valence-corrected chi connectivity index (χ3v) is 8.30. The monoisotopic (exact) mass is 352 g/mol. The van der Waals surface area contributed by atoms with E-state index in [9.17, 15) is 9.90 Å². The third-order valence-electron chi connectivity index (χ3n) is 8.30. The lowest BCUT2D eigenvalue weighted by molar-refractivity contribution is -0.179. The minimum absolute atomic E-state index is 0.0570. The SMILES string of the molecule is C/C=C1\CN2C3C[C@@H]1[C@@]1(C(=O)OC)[C@@H]2CC2(c4ccccc4N[C@H]32)[C@@H]1O. The predicted octanol–water partition coefficient (Wildman–Crippen LogP) is 1.68. The van der Waals surface area contributed by atoms with E-state index in [-0.39, 0.29) is 24.0 Å². The number of aliphatic hydroxyl groups is 1. The molecule has 8 atom stereocenters. The van der Waals surface area contributed by atoms with Crippen molar-refractivity contribution < 1.29 is 14.6 Å². The lowest BCUT2D eigenvalue weighted by Gasteiger charge is -2.60. The average Bonchev–Trinajstić information content (AvgIpc) is 3.13. The number of nitrogens with one attached hydrogen (secondary N) is 1. The highest BCUT2D eigenvalue weighted by molar-refractivity contribution is 5.84. The van der Waals surface area contributed by atoms with E-state index in [4.69, 9.17) is 4.74 Å². The van der Waals surface area contributed by atoms with Gasteiger partial charge in [-0.15, -0.1) is 0 Å². The van der Waals surface area contributed by atoms with Gasteiger partial charge in [0, 0.05) is 35.6 Å². The van der Waals surface area contributed by atoms with Crippen molar-refractivity contribution in [2.45, 2.75) is 49.4 Å². The number of esters is 1. The maximum Gasteiger partial charge on any atom is 0.316 e. The predicted molar refractivity (Wildman–Crippen MR) is 96.7 cm³/mol. The fourth-order valence-electron chi connectivity index (χ4n) is 7.49. The zero-order valence-electron chi connectivity index (χ0n) is 15.1. The summed E-state index contributed by atoms with van der Waals surface area (Å²) in [6, 6.07) is 8.89. The molecule has 6 aliphatic rings. The Morgan fingerprint density at radius 3 is 3.00 bits per heavy atom. The summed E-state index contributed by atoms with van der Waals surface area (Å²) in [5, 5.41) is 15.6. The van der Waals surface area contributed by atoms with Crippen molar-refractivity contribution in [2.75, 3.05) is 19.0 Å². The number of hydrogen-bond acceptors (Lipinski definition) is 5. The molecule has 136 valence electrons. The molecule has 5 bridgehead atoms. The van der Waals surface area contributed by atoms with Crippen LogP contribution in [0.25, 0.3) is 0 Å². The molecule has 1 spiro atoms. The number of aliphatic hydroxyl groups excluding tert-OH is 1. The van der Waals surface area contributed by atoms with Gasteiger partial charge in [-0.3, -0.25) is 9.69 Å². The number of rotatable bonds is 1. The topological polar surface area (TPSA) is 61.8 Å². The second-order valence-corrected chi connectivity index (χ2v) is 8.65. The highest BCUT2D eigenvalue weighted by Gasteiger charge is 2.82. The van der Waals surface area contributed by atoms with Gasteiger partial charge in [-0.1, -0.05) is 29.8 Å². The number of nitrogens with zero attached hydrogens (tertiary/aromatic N) is 1. The van der Waals surface area contributed by atoms with Crippen molar-refractivity contribution in [3.05, 3.63) is 41.5 Å². The molecule has 5 heteroatoms. The molecule has 0 aromatic heterocycles. The highest BCUT2D eigenvalue weighted by Crippen LogP contribution is 2.71. The van der Waals surface area contributed by atoms with Crippen molar-refractivity contribution in [2.24, 2.45) is 11.3 Å². The molecule has 1 aromatic rings. The van der Waals surface area contributed by atoms with E-state index >= 15 is 0 Å². The molecule has 5 fully saturated rings. The summed E-state index contributed by atoms with van der Waals surface area (Å²) >= 11 is 0. The van der Waals surface area contributed by atoms with Crippen LogP contribution in [0.15, 0.2) is 35.9 Å². The lowest BCUT2D eigenvalue weighted by atomic mass is 9.58. The first-order valence-corrected chi connectivity index (χ1v) is 9.64. The molecule has 4 saturated heterocycles. The summed E-state index contributed by atoms with van der Waals surface area (Å²) < 4.78 is 5.34. The van der Waals surface area contributed by atoms with Crippen LogP contribution in [0.2, 0.25) is 0 Å². The number of para-hydroxylation sites is 1. The largest absolute Gasteiger partial charge is 0.468 e. The minimum Gasteiger partial charge on any atom is -0.468 e. The van der Waals surface area contributed by atoms with Gasteiger partial charge in [-0.2, -0.15) is 0 Å². The van der Waals surface area contributed by atoms with E-state index in [0.717, 1.165) is 25.1 Å². The number of hydrogen-bond donors (Lipinski definition) is 2. The summed E-state index contributed by atoms with van der Waals surface area (Å²) in [4.78, 5) is 15.7. The standard InChI is InChI=1S/C21H24N2O3/c1-3-11-10-23-15-8-13(11)21(19(25)26-2)16(23)9-20(18(21)24)12-6-4-5-7-14(12)22-17(15)20/h3-7,13,15-18,22,24H,8-10H2,1-2H3/b11-3+/t13-,15?,16-,17+,18-,20?,21+/m0/s1. The molecule has 3 unspecified atom stereocenters. The van der Waals surface area contributed by atoms with E-state index < -0.39 is 16.9 Å². The normalized spacial score (nSPS) is 50.5. The molecule has 0 radical (unpaired) electrons. The first-order chi connectivity index (χ1) is 12.6. The van der Waals surface area contributed by atoms with Crippen LogP contribution in [0.3, 0.4) is 0 Å². The number of carbonyl (C=O) groups is 1. The van der Waals surface area contributed by atoms with Gasteiger partial charge in [0.15, 0.2) is 0 Å². The number of methoxy groups -OCH3 is 1. The van der Waals surface area contributed by atoms with Gasteiger partial charge in [0.2, 0.25) is 0 Å². The van der Waals surface area contributed by atoms with Gasteiger partial charge in [-0.05, 0) is 31.4 Å². The summed E-state index contributed by atoms with van der Waals surface area (Å²) in [5.74, 6) is -0.154. The van der Waals surface area contributed by atoms with Crippen molar-refractivity contribution in [3.63, 3.8) is 0 Å². The zero-order chi connectivity index (χ0) is 17.8. The van der Waals surface area contributed by atoms with Crippen LogP contribution < -0.4 is 5.32 Å². The summed E-state index contributed by atoms with van der Waals surface area (Å²) in [6.07, 6.45) is 3.15. The first-order valence-electron chi connectivity index (χ1n) is 9.64. The van der Waals surface area contributed by atoms with Gasteiger partial charge in [0.25, 0.3) is 0 Å². The number of benzene rings is 1. The van der Waals surface area contributed by atoms with E-state index in [1.807, 2.05) is 12.1 Å².